The molecule has 1 heterocycles. The van der Waals surface area contributed by atoms with Gasteiger partial charge in [0.15, 0.2) is 0 Å². The highest BCUT2D eigenvalue weighted by Crippen LogP contribution is 2.33. The van der Waals surface area contributed by atoms with Crippen LogP contribution in [0.4, 0.5) is 11.4 Å². The van der Waals surface area contributed by atoms with Crippen LogP contribution >= 0.6 is 11.6 Å². The monoisotopic (exact) mass is 470 g/mol. The largest absolute Gasteiger partial charge is 0.492 e. The molecule has 8 heteroatoms. The normalized spacial score (nSPS) is 13.4. The Hall–Kier alpha value is -3.03. The molecular weight excluding hydrogens is 448 g/mol. The van der Waals surface area contributed by atoms with Gasteiger partial charge in [-0.3, -0.25) is 9.10 Å². The number of hydrogen-bond donors (Lipinski definition) is 1. The number of carbonyl (C=O) groups excluding carboxylic acids is 1. The van der Waals surface area contributed by atoms with E-state index in [4.69, 9.17) is 16.3 Å². The third kappa shape index (κ3) is 4.45. The molecule has 0 spiro atoms. The molecular formula is C24H23ClN2O4S. The number of para-hydroxylation sites is 2. The second kappa shape index (κ2) is 9.22. The van der Waals surface area contributed by atoms with Crippen LogP contribution in [0.3, 0.4) is 0 Å². The average molecular weight is 471 g/mol. The molecule has 32 heavy (non-hydrogen) atoms. The lowest BCUT2D eigenvalue weighted by Crippen LogP contribution is -2.35. The first-order valence-electron chi connectivity index (χ1n) is 10.3. The molecule has 1 N–H and O–H groups in total. The van der Waals surface area contributed by atoms with Crippen molar-refractivity contribution in [1.29, 1.82) is 0 Å². The van der Waals surface area contributed by atoms with E-state index < -0.39 is 10.0 Å². The molecule has 1 amide bonds. The summed E-state index contributed by atoms with van der Waals surface area (Å²) in [6.07, 6.45) is 1.36. The third-order valence-corrected chi connectivity index (χ3v) is 7.33. The van der Waals surface area contributed by atoms with E-state index in [0.717, 1.165) is 5.56 Å². The van der Waals surface area contributed by atoms with E-state index >= 15 is 0 Å². The molecule has 0 aliphatic carbocycles. The maximum Gasteiger partial charge on any atom is 0.264 e. The van der Waals surface area contributed by atoms with Crippen LogP contribution in [0.5, 0.6) is 5.75 Å². The van der Waals surface area contributed by atoms with E-state index in [1.165, 1.54) is 16.4 Å². The summed E-state index contributed by atoms with van der Waals surface area (Å²) < 4.78 is 33.4. The second-order valence-corrected chi connectivity index (χ2v) is 9.66. The SMILES string of the molecule is CCOc1ccccc1NC(=O)c1ccc2c(c1)CCCN2S(=O)(=O)c1ccc(Cl)cc1. The van der Waals surface area contributed by atoms with Gasteiger partial charge in [-0.05, 0) is 79.9 Å². The minimum Gasteiger partial charge on any atom is -0.492 e. The van der Waals surface area contributed by atoms with Crippen LogP contribution in [0.1, 0.15) is 29.3 Å². The minimum absolute atomic E-state index is 0.184. The van der Waals surface area contributed by atoms with Gasteiger partial charge < -0.3 is 10.1 Å². The van der Waals surface area contributed by atoms with Crippen LogP contribution in [-0.4, -0.2) is 27.5 Å². The van der Waals surface area contributed by atoms with Crippen molar-refractivity contribution < 1.29 is 17.9 Å². The van der Waals surface area contributed by atoms with Gasteiger partial charge in [0.1, 0.15) is 5.75 Å². The molecule has 0 aromatic heterocycles. The molecule has 0 unspecified atom stereocenters. The highest BCUT2D eigenvalue weighted by atomic mass is 35.5. The van der Waals surface area contributed by atoms with Crippen LogP contribution in [0, 0.1) is 0 Å². The Bertz CT molecular complexity index is 1240. The zero-order valence-electron chi connectivity index (χ0n) is 17.5. The summed E-state index contributed by atoms with van der Waals surface area (Å²) in [5.41, 5.74) is 2.46. The molecule has 0 atom stereocenters. The molecule has 0 saturated carbocycles. The summed E-state index contributed by atoms with van der Waals surface area (Å²) in [4.78, 5) is 13.1. The number of benzene rings is 3. The molecule has 3 aromatic carbocycles. The average Bonchev–Trinajstić information content (AvgIpc) is 2.80. The van der Waals surface area contributed by atoms with Crippen molar-refractivity contribution in [2.24, 2.45) is 0 Å². The number of rotatable bonds is 6. The summed E-state index contributed by atoms with van der Waals surface area (Å²) in [5, 5.41) is 3.36. The molecule has 0 saturated heterocycles. The standard InChI is InChI=1S/C24H23ClN2O4S/c1-2-31-23-8-4-3-7-21(23)26-24(28)18-9-14-22-17(16-18)6-5-15-27(22)32(29,30)20-12-10-19(25)11-13-20/h3-4,7-14,16H,2,5-6,15H2,1H3,(H,26,28). The first kappa shape index (κ1) is 22.2. The Balaban J connectivity index is 1.61. The Morgan fingerprint density at radius 1 is 1.09 bits per heavy atom. The fraction of sp³-hybridized carbons (Fsp3) is 0.208. The van der Waals surface area contributed by atoms with Gasteiger partial charge in [0.05, 0.1) is 22.9 Å². The van der Waals surface area contributed by atoms with Gasteiger partial charge in [-0.15, -0.1) is 0 Å². The maximum atomic E-state index is 13.2. The molecule has 0 radical (unpaired) electrons. The summed E-state index contributed by atoms with van der Waals surface area (Å²) in [7, 11) is -3.73. The lowest BCUT2D eigenvalue weighted by molar-refractivity contribution is 0.102. The van der Waals surface area contributed by atoms with Crippen molar-refractivity contribution >= 4 is 38.9 Å². The predicted molar refractivity (Wildman–Crippen MR) is 126 cm³/mol. The maximum absolute atomic E-state index is 13.2. The van der Waals surface area contributed by atoms with Gasteiger partial charge in [-0.25, -0.2) is 8.42 Å². The van der Waals surface area contributed by atoms with E-state index in [1.54, 1.807) is 42.5 Å². The number of nitrogens with zero attached hydrogens (tertiary/aromatic N) is 1. The van der Waals surface area contributed by atoms with Crippen molar-refractivity contribution in [3.63, 3.8) is 0 Å². The topological polar surface area (TPSA) is 75.7 Å². The Morgan fingerprint density at radius 3 is 2.59 bits per heavy atom. The van der Waals surface area contributed by atoms with Gasteiger partial charge in [-0.2, -0.15) is 0 Å². The Labute approximate surface area is 192 Å². The second-order valence-electron chi connectivity index (χ2n) is 7.36. The van der Waals surface area contributed by atoms with E-state index in [2.05, 4.69) is 5.32 Å². The molecule has 3 aromatic rings. The van der Waals surface area contributed by atoms with Gasteiger partial charge in [0.2, 0.25) is 0 Å². The number of anilines is 2. The number of nitrogens with one attached hydrogen (secondary N) is 1. The number of sulfonamides is 1. The molecule has 4 rings (SSSR count). The van der Waals surface area contributed by atoms with Crippen LogP contribution < -0.4 is 14.4 Å². The quantitative estimate of drug-likeness (QED) is 0.541. The Kier molecular flexibility index (Phi) is 6.39. The third-order valence-electron chi connectivity index (χ3n) is 5.25. The fourth-order valence-corrected chi connectivity index (χ4v) is 5.40. The van der Waals surface area contributed by atoms with E-state index in [-0.39, 0.29) is 10.8 Å². The summed E-state index contributed by atoms with van der Waals surface area (Å²) in [6, 6.07) is 18.5. The summed E-state index contributed by atoms with van der Waals surface area (Å²) in [5.74, 6) is 0.319. The molecule has 0 bridgehead atoms. The van der Waals surface area contributed by atoms with Gasteiger partial charge in [0.25, 0.3) is 15.9 Å². The highest BCUT2D eigenvalue weighted by Gasteiger charge is 2.29. The number of hydrogen-bond acceptors (Lipinski definition) is 4. The number of fused-ring (bicyclic) bond motifs is 1. The number of ether oxygens (including phenoxy) is 1. The minimum atomic E-state index is -3.73. The van der Waals surface area contributed by atoms with Crippen molar-refractivity contribution in [2.45, 2.75) is 24.7 Å². The van der Waals surface area contributed by atoms with Gasteiger partial charge >= 0.3 is 0 Å². The molecule has 0 fully saturated rings. The van der Waals surface area contributed by atoms with Crippen LogP contribution in [-0.2, 0) is 16.4 Å². The van der Waals surface area contributed by atoms with E-state index in [1.807, 2.05) is 19.1 Å². The first-order valence-corrected chi connectivity index (χ1v) is 12.2. The predicted octanol–water partition coefficient (Wildman–Crippen LogP) is 5.13. The van der Waals surface area contributed by atoms with Crippen LogP contribution in [0.25, 0.3) is 0 Å². The van der Waals surface area contributed by atoms with E-state index in [0.29, 0.717) is 53.7 Å². The zero-order valence-corrected chi connectivity index (χ0v) is 19.1. The van der Waals surface area contributed by atoms with Gasteiger partial charge in [-0.1, -0.05) is 23.7 Å². The zero-order chi connectivity index (χ0) is 22.7. The van der Waals surface area contributed by atoms with Crippen molar-refractivity contribution in [3.8, 4) is 5.75 Å². The lowest BCUT2D eigenvalue weighted by Gasteiger charge is -2.30. The van der Waals surface area contributed by atoms with Crippen molar-refractivity contribution in [2.75, 3.05) is 22.8 Å². The fourth-order valence-electron chi connectivity index (χ4n) is 3.73. The van der Waals surface area contributed by atoms with Crippen LogP contribution in [0.15, 0.2) is 71.6 Å². The molecule has 1 aliphatic heterocycles. The number of aryl methyl sites for hydroxylation is 1. The van der Waals surface area contributed by atoms with Gasteiger partial charge in [0, 0.05) is 17.1 Å². The summed E-state index contributed by atoms with van der Waals surface area (Å²) >= 11 is 5.91. The summed E-state index contributed by atoms with van der Waals surface area (Å²) in [6.45, 7) is 2.75. The van der Waals surface area contributed by atoms with Crippen molar-refractivity contribution in [1.82, 2.24) is 0 Å². The number of halogens is 1. The molecule has 1 aliphatic rings. The van der Waals surface area contributed by atoms with E-state index in [9.17, 15) is 13.2 Å². The smallest absolute Gasteiger partial charge is 0.264 e. The first-order chi connectivity index (χ1) is 15.4. The number of carbonyl (C=O) groups is 1. The Morgan fingerprint density at radius 2 is 1.84 bits per heavy atom. The van der Waals surface area contributed by atoms with Crippen molar-refractivity contribution in [3.05, 3.63) is 82.9 Å². The van der Waals surface area contributed by atoms with Crippen LogP contribution in [0.2, 0.25) is 5.02 Å². The highest BCUT2D eigenvalue weighted by molar-refractivity contribution is 7.92. The lowest BCUT2D eigenvalue weighted by atomic mass is 10.0. The number of amides is 1. The molecule has 166 valence electrons. The molecule has 6 nitrogen and oxygen atoms in total.